The number of ether oxygens (including phenoxy) is 2. The van der Waals surface area contributed by atoms with Crippen molar-refractivity contribution in [2.24, 2.45) is 0 Å². The topological polar surface area (TPSA) is 105 Å². The smallest absolute Gasteiger partial charge is 0.338 e. The van der Waals surface area contributed by atoms with Gasteiger partial charge in [0.15, 0.2) is 18.2 Å². The van der Waals surface area contributed by atoms with E-state index in [4.69, 9.17) is 17.8 Å². The molecule has 2 aromatic carbocycles. The molecule has 2 bridgehead atoms. The molecule has 2 aromatic rings. The number of hydrogen-bond donors (Lipinski definition) is 0. The average Bonchev–Trinajstić information content (AvgIpc) is 3.08. The monoisotopic (exact) mass is 452 g/mol. The van der Waals surface area contributed by atoms with Crippen molar-refractivity contribution >= 4 is 20.2 Å². The van der Waals surface area contributed by atoms with Gasteiger partial charge in [-0.1, -0.05) is 35.4 Å². The second-order valence-electron chi connectivity index (χ2n) is 7.08. The van der Waals surface area contributed by atoms with Gasteiger partial charge in [0.1, 0.15) is 11.0 Å². The Hall–Kier alpha value is -2.24. The van der Waals surface area contributed by atoms with Gasteiger partial charge in [0.2, 0.25) is 0 Å². The maximum absolute atomic E-state index is 12.8. The van der Waals surface area contributed by atoms with Gasteiger partial charge in [-0.2, -0.15) is 16.8 Å². The first-order valence-corrected chi connectivity index (χ1v) is 12.0. The first kappa shape index (κ1) is 21.0. The van der Waals surface area contributed by atoms with Crippen molar-refractivity contribution < 1.29 is 34.7 Å². The molecule has 1 saturated heterocycles. The highest BCUT2D eigenvalue weighted by molar-refractivity contribution is 7.87. The normalized spacial score (nSPS) is 23.8. The summed E-state index contributed by atoms with van der Waals surface area (Å²) in [6.45, 7) is 3.69. The molecule has 0 N–H and O–H groups in total. The predicted molar refractivity (Wildman–Crippen MR) is 105 cm³/mol. The summed E-state index contributed by atoms with van der Waals surface area (Å²) < 4.78 is 72.5. The van der Waals surface area contributed by atoms with E-state index in [0.29, 0.717) is 0 Å². The third-order valence-corrected chi connectivity index (χ3v) is 7.28. The van der Waals surface area contributed by atoms with Gasteiger partial charge in [-0.3, -0.25) is 4.18 Å². The van der Waals surface area contributed by atoms with E-state index in [9.17, 15) is 16.8 Å². The Morgan fingerprint density at radius 2 is 1.37 bits per heavy atom. The molecule has 10 heteroatoms. The van der Waals surface area contributed by atoms with E-state index in [1.54, 1.807) is 24.3 Å². The summed E-state index contributed by atoms with van der Waals surface area (Å²) in [5.74, 6) is -0.190. The molecule has 30 heavy (non-hydrogen) atoms. The predicted octanol–water partition coefficient (Wildman–Crippen LogP) is 2.42. The number of hydrogen-bond acceptors (Lipinski definition) is 8. The third kappa shape index (κ3) is 4.28. The van der Waals surface area contributed by atoms with Crippen LogP contribution in [0.4, 0.5) is 0 Å². The lowest BCUT2D eigenvalue weighted by Crippen LogP contribution is -2.39. The lowest BCUT2D eigenvalue weighted by molar-refractivity contribution is -0.0600. The molecule has 4 rings (SSSR count). The van der Waals surface area contributed by atoms with Crippen molar-refractivity contribution in [1.82, 2.24) is 0 Å². The Morgan fingerprint density at radius 1 is 0.833 bits per heavy atom. The molecule has 0 unspecified atom stereocenters. The second kappa shape index (κ2) is 7.78. The van der Waals surface area contributed by atoms with Crippen LogP contribution in [-0.2, 0) is 38.1 Å². The molecule has 1 fully saturated rings. The first-order valence-electron chi connectivity index (χ1n) is 9.14. The zero-order valence-corrected chi connectivity index (χ0v) is 17.9. The minimum atomic E-state index is -4.21. The fourth-order valence-electron chi connectivity index (χ4n) is 3.06. The molecule has 2 heterocycles. The number of aryl methyl sites for hydroxylation is 2. The Balaban J connectivity index is 1.63. The molecule has 160 valence electrons. The van der Waals surface area contributed by atoms with Crippen LogP contribution in [-0.4, -0.2) is 41.9 Å². The van der Waals surface area contributed by atoms with E-state index >= 15 is 0 Å². The molecular formula is C20H20O8S2. The van der Waals surface area contributed by atoms with Gasteiger partial charge in [-0.05, 0) is 38.1 Å². The second-order valence-corrected chi connectivity index (χ2v) is 10.2. The van der Waals surface area contributed by atoms with Crippen LogP contribution in [0.5, 0.6) is 0 Å². The van der Waals surface area contributed by atoms with Crippen LogP contribution in [0.3, 0.4) is 0 Å². The van der Waals surface area contributed by atoms with E-state index in [0.717, 1.165) is 11.1 Å². The van der Waals surface area contributed by atoms with Crippen LogP contribution in [0.15, 0.2) is 70.2 Å². The molecule has 0 radical (unpaired) electrons. The van der Waals surface area contributed by atoms with Gasteiger partial charge in [-0.15, -0.1) is 0 Å². The fraction of sp³-hybridized carbons (Fsp3) is 0.300. The number of rotatable bonds is 6. The highest BCUT2D eigenvalue weighted by atomic mass is 32.2. The molecule has 0 aromatic heterocycles. The van der Waals surface area contributed by atoms with Gasteiger partial charge in [0.05, 0.1) is 11.5 Å². The van der Waals surface area contributed by atoms with Crippen LogP contribution in [0.25, 0.3) is 0 Å². The van der Waals surface area contributed by atoms with E-state index in [1.165, 1.54) is 30.3 Å². The Kier molecular flexibility index (Phi) is 5.45. The molecule has 2 aliphatic heterocycles. The zero-order valence-electron chi connectivity index (χ0n) is 16.2. The summed E-state index contributed by atoms with van der Waals surface area (Å²) in [5, 5.41) is 0. The highest BCUT2D eigenvalue weighted by Gasteiger charge is 2.45. The summed E-state index contributed by atoms with van der Waals surface area (Å²) >= 11 is 0. The molecule has 3 atom stereocenters. The van der Waals surface area contributed by atoms with E-state index in [1.807, 2.05) is 13.8 Å². The first-order chi connectivity index (χ1) is 14.1. The van der Waals surface area contributed by atoms with Gasteiger partial charge in [0, 0.05) is 6.08 Å². The van der Waals surface area contributed by atoms with Crippen molar-refractivity contribution in [3.8, 4) is 0 Å². The van der Waals surface area contributed by atoms with Gasteiger partial charge in [-0.25, -0.2) is 0 Å². The summed E-state index contributed by atoms with van der Waals surface area (Å²) in [7, 11) is -8.42. The SMILES string of the molecule is Cc1ccc(S(=O)(=O)OC2=C[C@@H]3OC[C@@H](O3)[C@H]2OS(=O)(=O)c2ccc(C)cc2)cc1. The molecule has 0 saturated carbocycles. The summed E-state index contributed by atoms with van der Waals surface area (Å²) in [4.78, 5) is -0.122. The van der Waals surface area contributed by atoms with Crippen molar-refractivity contribution in [2.45, 2.75) is 42.1 Å². The largest absolute Gasteiger partial charge is 0.381 e. The van der Waals surface area contributed by atoms with Crippen LogP contribution >= 0.6 is 0 Å². The van der Waals surface area contributed by atoms with Crippen molar-refractivity contribution in [1.29, 1.82) is 0 Å². The van der Waals surface area contributed by atoms with Crippen molar-refractivity contribution in [3.63, 3.8) is 0 Å². The highest BCUT2D eigenvalue weighted by Crippen LogP contribution is 2.33. The number of fused-ring (bicyclic) bond motifs is 2. The standard InChI is InChI=1S/C20H20O8S2/c1-13-3-7-15(8-4-13)29(21,22)27-17-11-19-25-12-18(26-19)20(17)28-30(23,24)16-9-5-14(2)6-10-16/h3-11,18-20H,12H2,1-2H3/t18-,19-,20+/m1/s1. The molecule has 0 amide bonds. The summed E-state index contributed by atoms with van der Waals surface area (Å²) in [6.07, 6.45) is -1.70. The van der Waals surface area contributed by atoms with E-state index in [-0.39, 0.29) is 22.2 Å². The minimum absolute atomic E-state index is 0.0344. The van der Waals surface area contributed by atoms with Gasteiger partial charge < -0.3 is 13.7 Å². The maximum atomic E-state index is 12.8. The van der Waals surface area contributed by atoms with Gasteiger partial charge in [0.25, 0.3) is 10.1 Å². The van der Waals surface area contributed by atoms with E-state index in [2.05, 4.69) is 0 Å². The fourth-order valence-corrected chi connectivity index (χ4v) is 5.10. The van der Waals surface area contributed by atoms with Crippen LogP contribution in [0, 0.1) is 13.8 Å². The molecule has 8 nitrogen and oxygen atoms in total. The minimum Gasteiger partial charge on any atom is -0.381 e. The van der Waals surface area contributed by atoms with Gasteiger partial charge >= 0.3 is 10.1 Å². The Bertz CT molecular complexity index is 1170. The third-order valence-electron chi connectivity index (χ3n) is 4.71. The molecular weight excluding hydrogens is 432 g/mol. The Morgan fingerprint density at radius 3 is 1.93 bits per heavy atom. The van der Waals surface area contributed by atoms with Crippen LogP contribution < -0.4 is 0 Å². The van der Waals surface area contributed by atoms with E-state index < -0.39 is 38.7 Å². The quantitative estimate of drug-likeness (QED) is 0.616. The maximum Gasteiger partial charge on any atom is 0.338 e. The van der Waals surface area contributed by atoms with Crippen molar-refractivity contribution in [3.05, 3.63) is 71.5 Å². The molecule has 0 aliphatic carbocycles. The summed E-state index contributed by atoms with van der Waals surface area (Å²) in [6, 6.07) is 12.2. The number of benzene rings is 2. The molecule has 0 spiro atoms. The van der Waals surface area contributed by atoms with Crippen LogP contribution in [0.2, 0.25) is 0 Å². The average molecular weight is 453 g/mol. The lowest BCUT2D eigenvalue weighted by Gasteiger charge is -2.27. The summed E-state index contributed by atoms with van der Waals surface area (Å²) in [5.41, 5.74) is 1.77. The molecule has 2 aliphatic rings. The van der Waals surface area contributed by atoms with Crippen molar-refractivity contribution in [2.75, 3.05) is 6.61 Å². The zero-order chi connectivity index (χ0) is 21.5. The Labute approximate surface area is 175 Å². The van der Waals surface area contributed by atoms with Crippen LogP contribution in [0.1, 0.15) is 11.1 Å². The lowest BCUT2D eigenvalue weighted by atomic mass is 10.1.